The maximum absolute atomic E-state index is 4.03. The van der Waals surface area contributed by atoms with E-state index in [9.17, 15) is 0 Å². The summed E-state index contributed by atoms with van der Waals surface area (Å²) in [6, 6.07) is 80.8. The molecule has 9 aromatic rings. The minimum absolute atomic E-state index is 0.521. The summed E-state index contributed by atoms with van der Waals surface area (Å²) < 4.78 is 0. The van der Waals surface area contributed by atoms with Crippen LogP contribution in [0.2, 0.25) is 0 Å². The molecule has 0 aromatic heterocycles. The first-order chi connectivity index (χ1) is 29.7. The Morgan fingerprint density at radius 1 is 0.417 bits per heavy atom. The molecule has 9 aromatic carbocycles. The van der Waals surface area contributed by atoms with Gasteiger partial charge in [-0.05, 0) is 86.2 Å². The van der Waals surface area contributed by atoms with Crippen molar-refractivity contribution in [1.29, 1.82) is 0 Å². The van der Waals surface area contributed by atoms with Crippen molar-refractivity contribution >= 4 is 46.6 Å². The molecular formula is C57H40BN2. The van der Waals surface area contributed by atoms with Crippen LogP contribution in [0.4, 0.5) is 28.4 Å². The third kappa shape index (κ3) is 4.72. The molecule has 0 spiro atoms. The summed E-state index contributed by atoms with van der Waals surface area (Å²) in [4.78, 5) is 2.56. The van der Waals surface area contributed by atoms with E-state index in [-0.39, 0.29) is 0 Å². The van der Waals surface area contributed by atoms with Gasteiger partial charge in [-0.2, -0.15) is 0 Å². The predicted molar refractivity (Wildman–Crippen MR) is 250 cm³/mol. The second-order valence-electron chi connectivity index (χ2n) is 16.3. The minimum Gasteiger partial charge on any atom is -0.354 e. The third-order valence-electron chi connectivity index (χ3n) is 13.3. The molecule has 0 atom stereocenters. The lowest BCUT2D eigenvalue weighted by molar-refractivity contribution is 0.732. The van der Waals surface area contributed by atoms with Crippen LogP contribution in [0.15, 0.2) is 218 Å². The Bertz CT molecular complexity index is 3030. The number of aryl methyl sites for hydroxylation is 1. The summed E-state index contributed by atoms with van der Waals surface area (Å²) in [7, 11) is 2.45. The average Bonchev–Trinajstić information content (AvgIpc) is 3.31. The standard InChI is InChI=1S/C57H40BN2/c1-38-36-44(43-28-18-31-47-54(43)59-50-34-16-14-29-45(50)56(47,39-20-6-2-7-21-39)40-22-8-3-9-23-40)53-52(37-38)60-51-35-17-15-30-46(51)57(41-24-10-4-11-25-41,42-26-12-5-13-27-42)48-32-19-33-49(58-53)55(48)60/h2-37,59H,1H3. The zero-order chi connectivity index (χ0) is 39.8. The molecule has 3 heteroatoms. The number of fused-ring (bicyclic) bond motifs is 6. The van der Waals surface area contributed by atoms with E-state index in [4.69, 9.17) is 0 Å². The van der Waals surface area contributed by atoms with Crippen LogP contribution in [0.3, 0.4) is 0 Å². The summed E-state index contributed by atoms with van der Waals surface area (Å²) >= 11 is 0. The van der Waals surface area contributed by atoms with E-state index in [1.807, 2.05) is 0 Å². The van der Waals surface area contributed by atoms with Crippen LogP contribution in [0.1, 0.15) is 50.1 Å². The normalized spacial score (nSPS) is 14.6. The molecule has 0 saturated heterocycles. The second-order valence-corrected chi connectivity index (χ2v) is 16.3. The Morgan fingerprint density at radius 3 is 1.55 bits per heavy atom. The average molecular weight is 764 g/mol. The SMILES string of the molecule is Cc1cc(-c2cccc3c2Nc2ccccc2C3(c2ccccc2)c2ccccc2)c2c(c1)N1c3ccccc3C(c3ccccc3)(c3ccccc3)c3cccc(c31)[B]2. The molecule has 0 fully saturated rings. The molecule has 2 nitrogen and oxygen atoms in total. The van der Waals surface area contributed by atoms with Gasteiger partial charge in [-0.25, -0.2) is 0 Å². The fourth-order valence-corrected chi connectivity index (χ4v) is 11.0. The van der Waals surface area contributed by atoms with E-state index < -0.39 is 10.8 Å². The van der Waals surface area contributed by atoms with Gasteiger partial charge in [0.15, 0.2) is 7.28 Å². The lowest BCUT2D eigenvalue weighted by Gasteiger charge is -2.49. The molecule has 0 aliphatic carbocycles. The number of hydrogen-bond donors (Lipinski definition) is 1. The molecule has 281 valence electrons. The Balaban J connectivity index is 1.13. The summed E-state index contributed by atoms with van der Waals surface area (Å²) in [5.41, 5.74) is 20.9. The van der Waals surface area contributed by atoms with Crippen molar-refractivity contribution in [2.75, 3.05) is 10.2 Å². The largest absolute Gasteiger partial charge is 0.354 e. The number of anilines is 5. The smallest absolute Gasteiger partial charge is 0.197 e. The van der Waals surface area contributed by atoms with Crippen LogP contribution in [0, 0.1) is 6.92 Å². The van der Waals surface area contributed by atoms with Gasteiger partial charge in [-0.15, -0.1) is 0 Å². The fraction of sp³-hybridized carbons (Fsp3) is 0.0526. The van der Waals surface area contributed by atoms with Crippen LogP contribution in [-0.4, -0.2) is 7.28 Å². The summed E-state index contributed by atoms with van der Waals surface area (Å²) in [6.07, 6.45) is 0. The van der Waals surface area contributed by atoms with Crippen molar-refractivity contribution in [1.82, 2.24) is 0 Å². The molecule has 3 aliphatic rings. The summed E-state index contributed by atoms with van der Waals surface area (Å²) in [6.45, 7) is 2.25. The van der Waals surface area contributed by atoms with E-state index in [0.29, 0.717) is 0 Å². The molecule has 60 heavy (non-hydrogen) atoms. The highest BCUT2D eigenvalue weighted by molar-refractivity contribution is 6.73. The van der Waals surface area contributed by atoms with Gasteiger partial charge < -0.3 is 10.2 Å². The van der Waals surface area contributed by atoms with Crippen molar-refractivity contribution in [2.45, 2.75) is 17.8 Å². The fourth-order valence-electron chi connectivity index (χ4n) is 11.0. The zero-order valence-electron chi connectivity index (χ0n) is 33.3. The van der Waals surface area contributed by atoms with Crippen molar-refractivity contribution in [3.05, 3.63) is 268 Å². The Labute approximate surface area is 352 Å². The maximum atomic E-state index is 4.03. The highest BCUT2D eigenvalue weighted by atomic mass is 15.2. The Kier molecular flexibility index (Phi) is 7.71. The van der Waals surface area contributed by atoms with Gasteiger partial charge >= 0.3 is 0 Å². The van der Waals surface area contributed by atoms with Crippen molar-refractivity contribution in [3.8, 4) is 11.1 Å². The molecule has 1 radical (unpaired) electrons. The lowest BCUT2D eigenvalue weighted by Crippen LogP contribution is -2.47. The first kappa shape index (κ1) is 34.7. The third-order valence-corrected chi connectivity index (χ3v) is 13.3. The van der Waals surface area contributed by atoms with E-state index in [0.717, 1.165) is 11.4 Å². The van der Waals surface area contributed by atoms with Gasteiger partial charge in [-0.3, -0.25) is 0 Å². The van der Waals surface area contributed by atoms with Crippen LogP contribution >= 0.6 is 0 Å². The number of para-hydroxylation sites is 4. The van der Waals surface area contributed by atoms with Crippen molar-refractivity contribution in [3.63, 3.8) is 0 Å². The summed E-state index contributed by atoms with van der Waals surface area (Å²) in [5.74, 6) is 0. The number of hydrogen-bond acceptors (Lipinski definition) is 2. The number of nitrogens with one attached hydrogen (secondary N) is 1. The van der Waals surface area contributed by atoms with Gasteiger partial charge in [-0.1, -0.05) is 206 Å². The predicted octanol–water partition coefficient (Wildman–Crippen LogP) is 12.2. The first-order valence-electron chi connectivity index (χ1n) is 20.9. The monoisotopic (exact) mass is 763 g/mol. The molecular weight excluding hydrogens is 723 g/mol. The molecule has 3 heterocycles. The molecule has 1 N–H and O–H groups in total. The quantitative estimate of drug-likeness (QED) is 0.176. The zero-order valence-corrected chi connectivity index (χ0v) is 33.3. The van der Waals surface area contributed by atoms with Crippen molar-refractivity contribution in [2.24, 2.45) is 0 Å². The maximum Gasteiger partial charge on any atom is 0.197 e. The molecule has 12 rings (SSSR count). The van der Waals surface area contributed by atoms with Gasteiger partial charge in [0.05, 0.1) is 22.2 Å². The van der Waals surface area contributed by atoms with Gasteiger partial charge in [0.2, 0.25) is 0 Å². The molecule has 0 bridgehead atoms. The number of benzene rings is 9. The van der Waals surface area contributed by atoms with Crippen molar-refractivity contribution < 1.29 is 0 Å². The van der Waals surface area contributed by atoms with E-state index in [2.05, 4.69) is 243 Å². The van der Waals surface area contributed by atoms with Gasteiger partial charge in [0.25, 0.3) is 0 Å². The molecule has 3 aliphatic heterocycles. The second kappa shape index (κ2) is 13.3. The topological polar surface area (TPSA) is 15.3 Å². The van der Waals surface area contributed by atoms with Crippen LogP contribution in [0.5, 0.6) is 0 Å². The van der Waals surface area contributed by atoms with Crippen LogP contribution in [0.25, 0.3) is 11.1 Å². The molecule has 0 amide bonds. The minimum atomic E-state index is -0.547. The van der Waals surface area contributed by atoms with E-state index >= 15 is 0 Å². The van der Waals surface area contributed by atoms with Crippen LogP contribution < -0.4 is 21.1 Å². The lowest BCUT2D eigenvalue weighted by atomic mass is 9.54. The first-order valence-corrected chi connectivity index (χ1v) is 20.9. The Hall–Kier alpha value is -7.36. The highest BCUT2D eigenvalue weighted by Crippen LogP contribution is 2.59. The van der Waals surface area contributed by atoms with E-state index in [1.165, 1.54) is 89.2 Å². The highest BCUT2D eigenvalue weighted by Gasteiger charge is 2.49. The van der Waals surface area contributed by atoms with Gasteiger partial charge in [0, 0.05) is 22.6 Å². The molecule has 0 saturated carbocycles. The molecule has 0 unspecified atom stereocenters. The summed E-state index contributed by atoms with van der Waals surface area (Å²) in [5, 5.41) is 4.03. The van der Waals surface area contributed by atoms with Crippen LogP contribution in [-0.2, 0) is 10.8 Å². The number of rotatable bonds is 5. The Morgan fingerprint density at radius 2 is 0.917 bits per heavy atom. The number of nitrogens with zero attached hydrogens (tertiary/aromatic N) is 1. The van der Waals surface area contributed by atoms with E-state index in [1.54, 1.807) is 0 Å². The van der Waals surface area contributed by atoms with Gasteiger partial charge in [0.1, 0.15) is 0 Å².